The summed E-state index contributed by atoms with van der Waals surface area (Å²) in [5.74, 6) is -1.15. The molecule has 45 heavy (non-hydrogen) atoms. The average Bonchev–Trinajstić information content (AvgIpc) is 3.45. The maximum atomic E-state index is 14.7. The molecule has 238 valence electrons. The van der Waals surface area contributed by atoms with Gasteiger partial charge in [0.2, 0.25) is 5.95 Å². The molecule has 4 aromatic rings. The maximum absolute atomic E-state index is 14.7. The molecule has 0 spiro atoms. The van der Waals surface area contributed by atoms with Crippen LogP contribution in [0.2, 0.25) is 5.02 Å². The van der Waals surface area contributed by atoms with Gasteiger partial charge < -0.3 is 20.6 Å². The lowest BCUT2D eigenvalue weighted by atomic mass is 9.98. The van der Waals surface area contributed by atoms with Crippen LogP contribution in [0.25, 0.3) is 11.3 Å². The first-order valence-electron chi connectivity index (χ1n) is 14.3. The summed E-state index contributed by atoms with van der Waals surface area (Å²) >= 11 is 5.82. The van der Waals surface area contributed by atoms with Crippen molar-refractivity contribution in [3.05, 3.63) is 77.0 Å². The number of nitrogens with zero attached hydrogens (tertiary/aromatic N) is 7. The quantitative estimate of drug-likeness (QED) is 0.205. The van der Waals surface area contributed by atoms with Crippen LogP contribution in [0.4, 0.5) is 24.8 Å². The molecule has 5 rings (SSSR count). The third-order valence-electron chi connectivity index (χ3n) is 8.00. The van der Waals surface area contributed by atoms with Gasteiger partial charge in [-0.2, -0.15) is 5.10 Å². The minimum atomic E-state index is -3.00. The van der Waals surface area contributed by atoms with E-state index < -0.39 is 34.9 Å². The first kappa shape index (κ1) is 32.3. The monoisotopic (exact) mass is 643 g/mol. The van der Waals surface area contributed by atoms with Crippen molar-refractivity contribution in [2.24, 2.45) is 0 Å². The highest BCUT2D eigenvalue weighted by Crippen LogP contribution is 2.35. The molecule has 3 aromatic heterocycles. The first-order chi connectivity index (χ1) is 21.3. The number of carbonyl (C=O) groups excluding carboxylic acids is 1. The van der Waals surface area contributed by atoms with Gasteiger partial charge in [-0.1, -0.05) is 17.7 Å². The van der Waals surface area contributed by atoms with Crippen LogP contribution < -0.4 is 15.5 Å². The van der Waals surface area contributed by atoms with Crippen LogP contribution in [0, 0.1) is 5.82 Å². The second-order valence-electron chi connectivity index (χ2n) is 11.5. The maximum Gasteiger partial charge on any atom is 0.275 e. The van der Waals surface area contributed by atoms with E-state index in [0.717, 1.165) is 43.1 Å². The summed E-state index contributed by atoms with van der Waals surface area (Å²) in [6, 6.07) is 1.94. The molecule has 1 amide bonds. The average molecular weight is 644 g/mol. The highest BCUT2D eigenvalue weighted by molar-refractivity contribution is 6.31. The molecule has 0 radical (unpaired) electrons. The molecule has 1 fully saturated rings. The van der Waals surface area contributed by atoms with E-state index in [2.05, 4.69) is 40.6 Å². The Hall–Kier alpha value is -4.14. The molecule has 1 aliphatic heterocycles. The van der Waals surface area contributed by atoms with E-state index in [0.29, 0.717) is 18.2 Å². The number of alkyl halides is 2. The number of rotatable bonds is 11. The van der Waals surface area contributed by atoms with E-state index in [9.17, 15) is 23.1 Å². The van der Waals surface area contributed by atoms with Crippen molar-refractivity contribution in [1.82, 2.24) is 35.0 Å². The van der Waals surface area contributed by atoms with Gasteiger partial charge in [-0.25, -0.2) is 28.1 Å². The van der Waals surface area contributed by atoms with Gasteiger partial charge in [0.25, 0.3) is 12.3 Å². The Balaban J connectivity index is 1.23. The van der Waals surface area contributed by atoms with Crippen molar-refractivity contribution in [3.63, 3.8) is 0 Å². The van der Waals surface area contributed by atoms with Crippen LogP contribution in [0.1, 0.15) is 68.2 Å². The third-order valence-corrected chi connectivity index (χ3v) is 8.29. The lowest BCUT2D eigenvalue weighted by molar-refractivity contribution is 0.0432. The van der Waals surface area contributed by atoms with Gasteiger partial charge in [0.05, 0.1) is 46.6 Å². The summed E-state index contributed by atoms with van der Waals surface area (Å²) in [6.45, 7) is 8.95. The van der Waals surface area contributed by atoms with E-state index in [1.165, 1.54) is 6.20 Å². The van der Waals surface area contributed by atoms with Gasteiger partial charge in [0.1, 0.15) is 5.69 Å². The molecule has 4 heterocycles. The van der Waals surface area contributed by atoms with Crippen LogP contribution in [0.15, 0.2) is 49.3 Å². The number of halogens is 4. The number of anilines is 2. The smallest absolute Gasteiger partial charge is 0.275 e. The van der Waals surface area contributed by atoms with E-state index in [-0.39, 0.29) is 34.5 Å². The molecular formula is C30H33ClF3N9O2. The molecule has 15 heteroatoms. The second kappa shape index (κ2) is 13.1. The summed E-state index contributed by atoms with van der Waals surface area (Å²) in [5, 5.41) is 20.2. The molecule has 1 aliphatic rings. The molecule has 1 saturated heterocycles. The number of carbonyl (C=O) groups is 1. The fourth-order valence-electron chi connectivity index (χ4n) is 4.74. The van der Waals surface area contributed by atoms with Crippen molar-refractivity contribution < 1.29 is 23.1 Å². The van der Waals surface area contributed by atoms with Crippen LogP contribution in [0.5, 0.6) is 0 Å². The van der Waals surface area contributed by atoms with E-state index in [1.807, 2.05) is 13.8 Å². The van der Waals surface area contributed by atoms with Crippen LogP contribution >= 0.6 is 11.6 Å². The molecule has 0 bridgehead atoms. The minimum absolute atomic E-state index is 0.0643. The second-order valence-corrected chi connectivity index (χ2v) is 11.9. The molecule has 11 nitrogen and oxygen atoms in total. The van der Waals surface area contributed by atoms with Gasteiger partial charge in [0, 0.05) is 60.5 Å². The molecule has 3 atom stereocenters. The molecule has 3 N–H and O–H groups in total. The Morgan fingerprint density at radius 1 is 1.16 bits per heavy atom. The number of benzene rings is 1. The molecule has 1 aromatic carbocycles. The predicted molar refractivity (Wildman–Crippen MR) is 163 cm³/mol. The summed E-state index contributed by atoms with van der Waals surface area (Å²) in [4.78, 5) is 32.2. The van der Waals surface area contributed by atoms with Crippen molar-refractivity contribution in [2.45, 2.75) is 64.3 Å². The van der Waals surface area contributed by atoms with Crippen molar-refractivity contribution in [3.8, 4) is 11.3 Å². The zero-order chi connectivity index (χ0) is 32.5. The number of amides is 1. The van der Waals surface area contributed by atoms with Crippen LogP contribution in [0.3, 0.4) is 0 Å². The zero-order valence-electron chi connectivity index (χ0n) is 25.0. The van der Waals surface area contributed by atoms with Crippen LogP contribution in [-0.4, -0.2) is 71.5 Å². The number of hydrogen-bond acceptors (Lipinski definition) is 9. The third kappa shape index (κ3) is 7.08. The van der Waals surface area contributed by atoms with Gasteiger partial charge in [-0.15, -0.1) is 0 Å². The highest BCUT2D eigenvalue weighted by atomic mass is 35.5. The summed E-state index contributed by atoms with van der Waals surface area (Å²) in [7, 11) is 0. The number of aromatic nitrogens is 6. The predicted octanol–water partition coefficient (Wildman–Crippen LogP) is 5.05. The standard InChI is InChI=1S/C30H33ClF3N9O2/c1-16(18-9-37-29(38-10-18)42-8-7-20(42)12-36-17(2)30(3,4)45)43-15-19(11-39-43)40-28(44)24-14-35-13-23(41-24)25-21(27(33)34)5-6-22(31)26(25)32/h5-6,9-11,13-17,20,27,36,45H,7-8,12H2,1-4H3,(H,40,44)/t16?,17-,20+/m1/s1. The molecule has 0 aliphatic carbocycles. The Morgan fingerprint density at radius 2 is 1.89 bits per heavy atom. The lowest BCUT2D eigenvalue weighted by Crippen LogP contribution is -2.56. The highest BCUT2D eigenvalue weighted by Gasteiger charge is 2.32. The lowest BCUT2D eigenvalue weighted by Gasteiger charge is -2.42. The van der Waals surface area contributed by atoms with Gasteiger partial charge in [-0.05, 0) is 40.2 Å². The number of nitrogens with one attached hydrogen (secondary N) is 2. The Bertz CT molecular complexity index is 1660. The first-order valence-corrected chi connectivity index (χ1v) is 14.7. The Labute approximate surface area is 262 Å². The summed E-state index contributed by atoms with van der Waals surface area (Å²) < 4.78 is 43.5. The minimum Gasteiger partial charge on any atom is -0.389 e. The molecular weight excluding hydrogens is 611 g/mol. The van der Waals surface area contributed by atoms with E-state index in [4.69, 9.17) is 11.6 Å². The van der Waals surface area contributed by atoms with Crippen molar-refractivity contribution in [1.29, 1.82) is 0 Å². The topological polar surface area (TPSA) is 134 Å². The zero-order valence-corrected chi connectivity index (χ0v) is 25.8. The summed E-state index contributed by atoms with van der Waals surface area (Å²) in [6.07, 6.45) is 6.75. The summed E-state index contributed by atoms with van der Waals surface area (Å²) in [5.41, 5.74) is -1.29. The normalized spacial score (nSPS) is 16.4. The number of hydrogen-bond donors (Lipinski definition) is 3. The van der Waals surface area contributed by atoms with E-state index >= 15 is 0 Å². The fourth-order valence-corrected chi connectivity index (χ4v) is 4.90. The Kier molecular flexibility index (Phi) is 9.37. The largest absolute Gasteiger partial charge is 0.389 e. The Morgan fingerprint density at radius 3 is 2.53 bits per heavy atom. The van der Waals surface area contributed by atoms with E-state index in [1.54, 1.807) is 37.1 Å². The van der Waals surface area contributed by atoms with Crippen LogP contribution in [-0.2, 0) is 0 Å². The van der Waals surface area contributed by atoms with Gasteiger partial charge >= 0.3 is 0 Å². The van der Waals surface area contributed by atoms with Gasteiger partial charge in [-0.3, -0.25) is 14.5 Å². The number of aliphatic hydroxyl groups is 1. The van der Waals surface area contributed by atoms with Crippen molar-refractivity contribution >= 4 is 29.1 Å². The van der Waals surface area contributed by atoms with Crippen molar-refractivity contribution in [2.75, 3.05) is 23.3 Å². The fraction of sp³-hybridized carbons (Fsp3) is 0.400. The molecule has 0 saturated carbocycles. The van der Waals surface area contributed by atoms with Gasteiger partial charge in [0.15, 0.2) is 5.82 Å². The molecule has 1 unspecified atom stereocenters. The SMILES string of the molecule is CC(c1cnc(N2CC[C@H]2CN[C@H](C)C(C)(C)O)nc1)n1cc(NC(=O)c2cncc(-c3c(C(F)F)ccc(Cl)c3F)n2)cn1.